The van der Waals surface area contributed by atoms with E-state index in [4.69, 9.17) is 5.50 Å². The van der Waals surface area contributed by atoms with Crippen molar-refractivity contribution in [3.05, 3.63) is 0 Å². The van der Waals surface area contributed by atoms with Crippen LogP contribution in [0, 0.1) is 5.41 Å². The number of nitrogens with two attached hydrogens (primary N) is 1. The first-order valence-electron chi connectivity index (χ1n) is 7.68. The highest BCUT2D eigenvalue weighted by Gasteiger charge is 2.27. The summed E-state index contributed by atoms with van der Waals surface area (Å²) in [4.78, 5) is 0. The molecular weight excluding hydrogens is 225 g/mol. The summed E-state index contributed by atoms with van der Waals surface area (Å²) in [6.07, 6.45) is 15.2. The third-order valence-electron chi connectivity index (χ3n) is 3.98. The molecule has 104 valence electrons. The average Bonchev–Trinajstić information content (AvgIpc) is 2.37. The molecule has 17 heavy (non-hydrogen) atoms. The van der Waals surface area contributed by atoms with Crippen molar-refractivity contribution in [2.45, 2.75) is 85.0 Å². The van der Waals surface area contributed by atoms with Gasteiger partial charge in [0.15, 0.2) is 0 Å². The van der Waals surface area contributed by atoms with Crippen LogP contribution in [0.5, 0.6) is 0 Å². The average molecular weight is 259 g/mol. The number of hydrogen-bond acceptors (Lipinski definition) is 1. The molecule has 0 heterocycles. The quantitative estimate of drug-likeness (QED) is 0.461. The number of rotatable bonds is 12. The highest BCUT2D eigenvalue weighted by molar-refractivity contribution is 7.35. The first kappa shape index (κ1) is 17.4. The lowest BCUT2D eigenvalue weighted by Crippen LogP contribution is -2.22. The van der Waals surface area contributed by atoms with Crippen LogP contribution in [0.15, 0.2) is 0 Å². The molecule has 0 aromatic heterocycles. The molecule has 0 aromatic carbocycles. The molecule has 0 aliphatic carbocycles. The highest BCUT2D eigenvalue weighted by Crippen LogP contribution is 2.40. The Labute approximate surface area is 111 Å². The molecular formula is C15H34NP. The summed E-state index contributed by atoms with van der Waals surface area (Å²) in [6.45, 7) is 6.94. The SMILES string of the molecule is CCCCC(CCCC)(CCCC)CCPN. The van der Waals surface area contributed by atoms with Gasteiger partial charge in [-0.05, 0) is 37.3 Å². The van der Waals surface area contributed by atoms with E-state index in [1.165, 1.54) is 70.4 Å². The Kier molecular flexibility index (Phi) is 11.7. The van der Waals surface area contributed by atoms with Crippen molar-refractivity contribution in [2.75, 3.05) is 6.16 Å². The minimum atomic E-state index is 0.633. The van der Waals surface area contributed by atoms with E-state index < -0.39 is 0 Å². The van der Waals surface area contributed by atoms with E-state index in [9.17, 15) is 0 Å². The van der Waals surface area contributed by atoms with E-state index in [1.54, 1.807) is 0 Å². The van der Waals surface area contributed by atoms with E-state index in [-0.39, 0.29) is 0 Å². The summed E-state index contributed by atoms with van der Waals surface area (Å²) >= 11 is 0. The minimum absolute atomic E-state index is 0.633. The molecule has 0 bridgehead atoms. The predicted octanol–water partition coefficient (Wildman–Crippen LogP) is 5.49. The molecule has 1 atom stereocenters. The fraction of sp³-hybridized carbons (Fsp3) is 1.00. The lowest BCUT2D eigenvalue weighted by molar-refractivity contribution is 0.192. The third kappa shape index (κ3) is 8.16. The van der Waals surface area contributed by atoms with E-state index in [0.29, 0.717) is 14.1 Å². The Morgan fingerprint density at radius 3 is 1.47 bits per heavy atom. The van der Waals surface area contributed by atoms with Crippen molar-refractivity contribution < 1.29 is 0 Å². The molecule has 1 unspecified atom stereocenters. The van der Waals surface area contributed by atoms with Crippen molar-refractivity contribution in [3.8, 4) is 0 Å². The monoisotopic (exact) mass is 259 g/mol. The zero-order valence-corrected chi connectivity index (χ0v) is 13.4. The minimum Gasteiger partial charge on any atom is -0.312 e. The Morgan fingerprint density at radius 2 is 1.18 bits per heavy atom. The summed E-state index contributed by atoms with van der Waals surface area (Å²) in [6, 6.07) is 0. The summed E-state index contributed by atoms with van der Waals surface area (Å²) in [7, 11) is 0.647. The topological polar surface area (TPSA) is 26.0 Å². The molecule has 0 aliphatic rings. The molecule has 0 saturated heterocycles. The molecule has 0 radical (unpaired) electrons. The molecule has 2 N–H and O–H groups in total. The fourth-order valence-electron chi connectivity index (χ4n) is 2.74. The van der Waals surface area contributed by atoms with Gasteiger partial charge in [0.1, 0.15) is 0 Å². The molecule has 0 rings (SSSR count). The second-order valence-corrected chi connectivity index (χ2v) is 6.42. The molecule has 0 saturated carbocycles. The van der Waals surface area contributed by atoms with E-state index in [1.807, 2.05) is 0 Å². The number of hydrogen-bond donors (Lipinski definition) is 1. The first-order chi connectivity index (χ1) is 8.24. The Balaban J connectivity index is 4.39. The number of unbranched alkanes of at least 4 members (excludes halogenated alkanes) is 3. The fourth-order valence-corrected chi connectivity index (χ4v) is 3.42. The van der Waals surface area contributed by atoms with Gasteiger partial charge in [0, 0.05) is 0 Å². The first-order valence-corrected chi connectivity index (χ1v) is 8.96. The maximum Gasteiger partial charge on any atom is -0.0219 e. The van der Waals surface area contributed by atoms with Crippen LogP contribution in [0.3, 0.4) is 0 Å². The van der Waals surface area contributed by atoms with E-state index >= 15 is 0 Å². The van der Waals surface area contributed by atoms with Crippen LogP contribution in [-0.2, 0) is 0 Å². The summed E-state index contributed by atoms with van der Waals surface area (Å²) in [5.41, 5.74) is 6.38. The lowest BCUT2D eigenvalue weighted by atomic mass is 9.72. The van der Waals surface area contributed by atoms with Gasteiger partial charge in [-0.15, -0.1) is 0 Å². The largest absolute Gasteiger partial charge is 0.312 e. The molecule has 0 aromatic rings. The van der Waals surface area contributed by atoms with Gasteiger partial charge in [-0.2, -0.15) is 0 Å². The molecule has 0 spiro atoms. The van der Waals surface area contributed by atoms with E-state index in [2.05, 4.69) is 20.8 Å². The maximum atomic E-state index is 5.75. The molecule has 1 nitrogen and oxygen atoms in total. The summed E-state index contributed by atoms with van der Waals surface area (Å²) in [5.74, 6) is 0. The van der Waals surface area contributed by atoms with Crippen LogP contribution in [0.4, 0.5) is 0 Å². The Morgan fingerprint density at radius 1 is 0.765 bits per heavy atom. The summed E-state index contributed by atoms with van der Waals surface area (Å²) < 4.78 is 0. The van der Waals surface area contributed by atoms with Gasteiger partial charge in [-0.3, -0.25) is 0 Å². The van der Waals surface area contributed by atoms with Gasteiger partial charge >= 0.3 is 0 Å². The van der Waals surface area contributed by atoms with Crippen molar-refractivity contribution in [3.63, 3.8) is 0 Å². The standard InChI is InChI=1S/C15H34NP/c1-4-7-10-15(11-8-5-2,12-9-6-3)13-14-17-16/h17H,4-14,16H2,1-3H3. The van der Waals surface area contributed by atoms with Crippen molar-refractivity contribution in [2.24, 2.45) is 10.9 Å². The van der Waals surface area contributed by atoms with Crippen molar-refractivity contribution >= 4 is 8.73 Å². The molecule has 0 aliphatic heterocycles. The van der Waals surface area contributed by atoms with Crippen LogP contribution in [0.1, 0.15) is 85.0 Å². The van der Waals surface area contributed by atoms with Crippen LogP contribution in [0.2, 0.25) is 0 Å². The smallest absolute Gasteiger partial charge is 0.0219 e. The molecule has 2 heteroatoms. The van der Waals surface area contributed by atoms with Crippen LogP contribution in [-0.4, -0.2) is 6.16 Å². The maximum absolute atomic E-state index is 5.75. The normalized spacial score (nSPS) is 12.7. The van der Waals surface area contributed by atoms with Gasteiger partial charge in [0.05, 0.1) is 0 Å². The van der Waals surface area contributed by atoms with Crippen molar-refractivity contribution in [1.29, 1.82) is 0 Å². The van der Waals surface area contributed by atoms with E-state index in [0.717, 1.165) is 0 Å². The third-order valence-corrected chi connectivity index (χ3v) is 4.52. The zero-order chi connectivity index (χ0) is 13.0. The van der Waals surface area contributed by atoms with Gasteiger partial charge in [-0.1, -0.05) is 68.0 Å². The van der Waals surface area contributed by atoms with Gasteiger partial charge in [0.2, 0.25) is 0 Å². The molecule has 0 amide bonds. The Bertz CT molecular complexity index is 121. The lowest BCUT2D eigenvalue weighted by Gasteiger charge is -2.34. The van der Waals surface area contributed by atoms with Crippen LogP contribution >= 0.6 is 8.73 Å². The van der Waals surface area contributed by atoms with Gasteiger partial charge in [0.25, 0.3) is 0 Å². The van der Waals surface area contributed by atoms with Crippen LogP contribution < -0.4 is 5.50 Å². The Hall–Kier alpha value is 0.390. The van der Waals surface area contributed by atoms with Gasteiger partial charge in [-0.25, -0.2) is 0 Å². The molecule has 0 fully saturated rings. The predicted molar refractivity (Wildman–Crippen MR) is 83.0 cm³/mol. The zero-order valence-electron chi connectivity index (χ0n) is 12.4. The van der Waals surface area contributed by atoms with Crippen molar-refractivity contribution in [1.82, 2.24) is 0 Å². The second-order valence-electron chi connectivity index (χ2n) is 5.51. The van der Waals surface area contributed by atoms with Crippen LogP contribution in [0.25, 0.3) is 0 Å². The second kappa shape index (κ2) is 11.5. The van der Waals surface area contributed by atoms with Gasteiger partial charge < -0.3 is 5.50 Å². The summed E-state index contributed by atoms with van der Waals surface area (Å²) in [5, 5.41) is 0. The highest BCUT2D eigenvalue weighted by atomic mass is 31.1.